The molecule has 0 spiro atoms. The lowest BCUT2D eigenvalue weighted by molar-refractivity contribution is -0.132. The van der Waals surface area contributed by atoms with E-state index in [1.807, 2.05) is 0 Å². The number of hydrogen-bond donors (Lipinski definition) is 1. The van der Waals surface area contributed by atoms with Gasteiger partial charge >= 0.3 is 0 Å². The molecule has 8 heteroatoms. The molecule has 0 saturated carbocycles. The lowest BCUT2D eigenvalue weighted by Crippen LogP contribution is -2.41. The molecule has 1 fully saturated rings. The molecule has 7 nitrogen and oxygen atoms in total. The first kappa shape index (κ1) is 16.9. The van der Waals surface area contributed by atoms with Crippen molar-refractivity contribution in [3.8, 4) is 11.5 Å². The molecule has 2 amide bonds. The van der Waals surface area contributed by atoms with Crippen molar-refractivity contribution in [2.75, 3.05) is 56.3 Å². The number of carbonyl (C=O) groups excluding carboxylic acids is 2. The van der Waals surface area contributed by atoms with Crippen molar-refractivity contribution in [3.05, 3.63) is 18.2 Å². The number of benzene rings is 1. The van der Waals surface area contributed by atoms with Gasteiger partial charge in [0.15, 0.2) is 11.5 Å². The number of carbonyl (C=O) groups is 2. The van der Waals surface area contributed by atoms with Crippen LogP contribution in [-0.4, -0.2) is 67.7 Å². The summed E-state index contributed by atoms with van der Waals surface area (Å²) >= 11 is 1.31. The molecule has 0 bridgehead atoms. The number of anilines is 1. The third kappa shape index (κ3) is 4.55. The minimum atomic E-state index is -0.147. The van der Waals surface area contributed by atoms with Crippen molar-refractivity contribution in [2.24, 2.45) is 0 Å². The fraction of sp³-hybridized carbons (Fsp3) is 0.500. The Morgan fingerprint density at radius 3 is 2.58 bits per heavy atom. The van der Waals surface area contributed by atoms with Gasteiger partial charge in [-0.05, 0) is 12.1 Å². The SMILES string of the molecule is O=C(CSCC(=O)N1CCOCC1)Nc1ccc2c(c1)OCCO2. The molecule has 1 aromatic rings. The number of thioether (sulfide) groups is 1. The molecule has 1 aromatic carbocycles. The Labute approximate surface area is 144 Å². The molecule has 2 heterocycles. The van der Waals surface area contributed by atoms with Gasteiger partial charge in [-0.2, -0.15) is 0 Å². The molecule has 3 rings (SSSR count). The van der Waals surface area contributed by atoms with Crippen LogP contribution < -0.4 is 14.8 Å². The molecule has 0 unspecified atom stereocenters. The number of morpholine rings is 1. The fourth-order valence-electron chi connectivity index (χ4n) is 2.45. The Hall–Kier alpha value is -1.93. The molecule has 0 aliphatic carbocycles. The number of ether oxygens (including phenoxy) is 3. The molecule has 0 atom stereocenters. The number of fused-ring (bicyclic) bond motifs is 1. The van der Waals surface area contributed by atoms with E-state index in [-0.39, 0.29) is 17.6 Å². The predicted octanol–water partition coefficient (Wildman–Crippen LogP) is 0.988. The van der Waals surface area contributed by atoms with Gasteiger partial charge in [0.05, 0.1) is 24.7 Å². The summed E-state index contributed by atoms with van der Waals surface area (Å²) < 4.78 is 16.1. The minimum absolute atomic E-state index is 0.0513. The van der Waals surface area contributed by atoms with E-state index in [1.54, 1.807) is 23.1 Å². The molecule has 1 saturated heterocycles. The van der Waals surface area contributed by atoms with Crippen molar-refractivity contribution < 1.29 is 23.8 Å². The van der Waals surface area contributed by atoms with Crippen LogP contribution in [0.15, 0.2) is 18.2 Å². The maximum atomic E-state index is 12.0. The van der Waals surface area contributed by atoms with Gasteiger partial charge in [0.1, 0.15) is 13.2 Å². The van der Waals surface area contributed by atoms with Gasteiger partial charge in [-0.3, -0.25) is 9.59 Å². The second-order valence-electron chi connectivity index (χ2n) is 5.39. The number of amides is 2. The van der Waals surface area contributed by atoms with Gasteiger partial charge in [-0.25, -0.2) is 0 Å². The van der Waals surface area contributed by atoms with Gasteiger partial charge in [0.2, 0.25) is 11.8 Å². The average Bonchev–Trinajstić information content (AvgIpc) is 2.62. The highest BCUT2D eigenvalue weighted by atomic mass is 32.2. The highest BCUT2D eigenvalue weighted by Crippen LogP contribution is 2.32. The van der Waals surface area contributed by atoms with E-state index in [1.165, 1.54) is 11.8 Å². The summed E-state index contributed by atoms with van der Waals surface area (Å²) in [4.78, 5) is 25.7. The Kier molecular flexibility index (Phi) is 5.81. The van der Waals surface area contributed by atoms with Crippen LogP contribution in [-0.2, 0) is 14.3 Å². The van der Waals surface area contributed by atoms with Crippen molar-refractivity contribution >= 4 is 29.3 Å². The standard InChI is InChI=1S/C16H20N2O5S/c19-15(10-24-11-16(20)18-3-5-21-6-4-18)17-12-1-2-13-14(9-12)23-8-7-22-13/h1-2,9H,3-8,10-11H2,(H,17,19). The van der Waals surface area contributed by atoms with E-state index in [4.69, 9.17) is 14.2 Å². The highest BCUT2D eigenvalue weighted by molar-refractivity contribution is 8.00. The second-order valence-corrected chi connectivity index (χ2v) is 6.38. The first-order valence-electron chi connectivity index (χ1n) is 7.85. The summed E-state index contributed by atoms with van der Waals surface area (Å²) in [6.07, 6.45) is 0. The molecule has 24 heavy (non-hydrogen) atoms. The van der Waals surface area contributed by atoms with E-state index >= 15 is 0 Å². The number of nitrogens with one attached hydrogen (secondary N) is 1. The monoisotopic (exact) mass is 352 g/mol. The largest absolute Gasteiger partial charge is 0.486 e. The Bertz CT molecular complexity index is 604. The fourth-order valence-corrected chi connectivity index (χ4v) is 3.17. The van der Waals surface area contributed by atoms with Crippen molar-refractivity contribution in [2.45, 2.75) is 0 Å². The summed E-state index contributed by atoms with van der Waals surface area (Å²) in [6.45, 7) is 3.46. The summed E-state index contributed by atoms with van der Waals surface area (Å²) in [6, 6.07) is 5.30. The van der Waals surface area contributed by atoms with Crippen LogP contribution >= 0.6 is 11.8 Å². The van der Waals surface area contributed by atoms with Crippen molar-refractivity contribution in [1.29, 1.82) is 0 Å². The molecule has 2 aliphatic heterocycles. The maximum Gasteiger partial charge on any atom is 0.234 e. The lowest BCUT2D eigenvalue weighted by atomic mass is 10.2. The third-order valence-corrected chi connectivity index (χ3v) is 4.57. The number of hydrogen-bond acceptors (Lipinski definition) is 6. The molecule has 0 aromatic heterocycles. The van der Waals surface area contributed by atoms with Crippen LogP contribution in [0, 0.1) is 0 Å². The van der Waals surface area contributed by atoms with Gasteiger partial charge in [0, 0.05) is 24.8 Å². The second kappa shape index (κ2) is 8.25. The Morgan fingerprint density at radius 2 is 1.79 bits per heavy atom. The third-order valence-electron chi connectivity index (χ3n) is 3.65. The van der Waals surface area contributed by atoms with Crippen LogP contribution in [0.4, 0.5) is 5.69 Å². The number of nitrogens with zero attached hydrogens (tertiary/aromatic N) is 1. The van der Waals surface area contributed by atoms with E-state index in [0.29, 0.717) is 62.5 Å². The normalized spacial score (nSPS) is 16.6. The first-order valence-corrected chi connectivity index (χ1v) is 9.00. The smallest absolute Gasteiger partial charge is 0.234 e. The van der Waals surface area contributed by atoms with Crippen molar-refractivity contribution in [3.63, 3.8) is 0 Å². The van der Waals surface area contributed by atoms with Gasteiger partial charge < -0.3 is 24.4 Å². The lowest BCUT2D eigenvalue weighted by Gasteiger charge is -2.26. The average molecular weight is 352 g/mol. The predicted molar refractivity (Wildman–Crippen MR) is 90.8 cm³/mol. The molecule has 130 valence electrons. The molecule has 2 aliphatic rings. The zero-order chi connectivity index (χ0) is 16.8. The van der Waals surface area contributed by atoms with Crippen LogP contribution in [0.5, 0.6) is 11.5 Å². The van der Waals surface area contributed by atoms with Crippen LogP contribution in [0.1, 0.15) is 0 Å². The number of rotatable bonds is 5. The van der Waals surface area contributed by atoms with E-state index < -0.39 is 0 Å². The quantitative estimate of drug-likeness (QED) is 0.852. The first-order chi connectivity index (χ1) is 11.7. The van der Waals surface area contributed by atoms with Crippen LogP contribution in [0.3, 0.4) is 0 Å². The zero-order valence-electron chi connectivity index (χ0n) is 13.3. The maximum absolute atomic E-state index is 12.0. The minimum Gasteiger partial charge on any atom is -0.486 e. The van der Waals surface area contributed by atoms with Crippen LogP contribution in [0.2, 0.25) is 0 Å². The highest BCUT2D eigenvalue weighted by Gasteiger charge is 2.17. The zero-order valence-corrected chi connectivity index (χ0v) is 14.1. The van der Waals surface area contributed by atoms with Crippen molar-refractivity contribution in [1.82, 2.24) is 4.90 Å². The Balaban J connectivity index is 1.41. The van der Waals surface area contributed by atoms with E-state index in [9.17, 15) is 9.59 Å². The Morgan fingerprint density at radius 1 is 1.04 bits per heavy atom. The van der Waals surface area contributed by atoms with Gasteiger partial charge in [-0.1, -0.05) is 0 Å². The summed E-state index contributed by atoms with van der Waals surface area (Å²) in [5, 5.41) is 2.81. The topological polar surface area (TPSA) is 77.1 Å². The van der Waals surface area contributed by atoms with E-state index in [0.717, 1.165) is 0 Å². The van der Waals surface area contributed by atoms with Gasteiger partial charge in [-0.15, -0.1) is 11.8 Å². The summed E-state index contributed by atoms with van der Waals surface area (Å²) in [7, 11) is 0. The summed E-state index contributed by atoms with van der Waals surface area (Å²) in [5.74, 6) is 1.75. The van der Waals surface area contributed by atoms with Gasteiger partial charge in [0.25, 0.3) is 0 Å². The summed E-state index contributed by atoms with van der Waals surface area (Å²) in [5.41, 5.74) is 0.657. The van der Waals surface area contributed by atoms with E-state index in [2.05, 4.69) is 5.32 Å². The molecule has 1 N–H and O–H groups in total. The molecular formula is C16H20N2O5S. The molecule has 0 radical (unpaired) electrons. The van der Waals surface area contributed by atoms with Crippen LogP contribution in [0.25, 0.3) is 0 Å². The molecular weight excluding hydrogens is 332 g/mol.